The first-order valence-electron chi connectivity index (χ1n) is 5.23. The molecule has 0 bridgehead atoms. The highest BCUT2D eigenvalue weighted by Crippen LogP contribution is 2.07. The zero-order chi connectivity index (χ0) is 11.8. The van der Waals surface area contributed by atoms with Gasteiger partial charge in [0.2, 0.25) is 0 Å². The molecule has 0 fully saturated rings. The Hall–Kier alpha value is -1.62. The van der Waals surface area contributed by atoms with Crippen LogP contribution in [-0.4, -0.2) is 19.1 Å². The summed E-state index contributed by atoms with van der Waals surface area (Å²) in [5, 5.41) is 5.28. The monoisotopic (exact) mass is 225 g/mol. The van der Waals surface area contributed by atoms with Crippen molar-refractivity contribution in [2.45, 2.75) is 12.8 Å². The maximum Gasteiger partial charge on any atom is 0.319 e. The highest BCUT2D eigenvalue weighted by molar-refractivity contribution is 5.89. The van der Waals surface area contributed by atoms with Gasteiger partial charge in [-0.1, -0.05) is 0 Å². The number of anilines is 1. The molecule has 0 heterocycles. The summed E-state index contributed by atoms with van der Waals surface area (Å²) >= 11 is 0. The fourth-order valence-corrected chi connectivity index (χ4v) is 1.18. The van der Waals surface area contributed by atoms with E-state index in [-0.39, 0.29) is 11.8 Å². The van der Waals surface area contributed by atoms with E-state index in [2.05, 4.69) is 10.6 Å². The maximum absolute atomic E-state index is 12.6. The van der Waals surface area contributed by atoms with E-state index in [1.54, 1.807) is 0 Å². The Bertz CT molecular complexity index is 327. The van der Waals surface area contributed by atoms with Crippen molar-refractivity contribution in [2.24, 2.45) is 5.73 Å². The van der Waals surface area contributed by atoms with Crippen molar-refractivity contribution in [2.75, 3.05) is 18.4 Å². The van der Waals surface area contributed by atoms with Crippen LogP contribution < -0.4 is 16.4 Å². The van der Waals surface area contributed by atoms with Gasteiger partial charge in [0.15, 0.2) is 0 Å². The summed E-state index contributed by atoms with van der Waals surface area (Å²) in [4.78, 5) is 11.3. The molecule has 88 valence electrons. The molecule has 2 amide bonds. The average molecular weight is 225 g/mol. The minimum atomic E-state index is -0.325. The fourth-order valence-electron chi connectivity index (χ4n) is 1.18. The highest BCUT2D eigenvalue weighted by Gasteiger charge is 2.00. The van der Waals surface area contributed by atoms with E-state index in [9.17, 15) is 9.18 Å². The molecule has 0 aliphatic heterocycles. The predicted molar refractivity (Wildman–Crippen MR) is 61.7 cm³/mol. The molecule has 0 saturated heterocycles. The van der Waals surface area contributed by atoms with E-state index in [1.165, 1.54) is 24.3 Å². The van der Waals surface area contributed by atoms with Crippen LogP contribution in [-0.2, 0) is 0 Å². The van der Waals surface area contributed by atoms with Crippen molar-refractivity contribution >= 4 is 11.7 Å². The number of urea groups is 1. The third kappa shape index (κ3) is 4.75. The molecule has 0 aromatic heterocycles. The second kappa shape index (κ2) is 6.79. The lowest BCUT2D eigenvalue weighted by molar-refractivity contribution is 0.252. The average Bonchev–Trinajstić information content (AvgIpc) is 2.28. The van der Waals surface area contributed by atoms with Crippen LogP contribution in [0.25, 0.3) is 0 Å². The van der Waals surface area contributed by atoms with E-state index in [1.807, 2.05) is 0 Å². The number of benzene rings is 1. The Morgan fingerprint density at radius 1 is 1.25 bits per heavy atom. The van der Waals surface area contributed by atoms with Crippen molar-refractivity contribution in [3.8, 4) is 0 Å². The number of unbranched alkanes of at least 4 members (excludes halogenated alkanes) is 1. The van der Waals surface area contributed by atoms with Crippen molar-refractivity contribution < 1.29 is 9.18 Å². The predicted octanol–water partition coefficient (Wildman–Crippen LogP) is 1.69. The van der Waals surface area contributed by atoms with E-state index in [0.29, 0.717) is 18.8 Å². The number of carbonyl (C=O) groups is 1. The zero-order valence-corrected chi connectivity index (χ0v) is 9.00. The number of amides is 2. The van der Waals surface area contributed by atoms with Crippen LogP contribution in [0.3, 0.4) is 0 Å². The Kier molecular flexibility index (Phi) is 5.28. The minimum absolute atomic E-state index is 0.288. The van der Waals surface area contributed by atoms with Gasteiger partial charge >= 0.3 is 6.03 Å². The number of hydrogen-bond acceptors (Lipinski definition) is 2. The zero-order valence-electron chi connectivity index (χ0n) is 9.00. The molecular formula is C11H16FN3O. The molecule has 0 aliphatic carbocycles. The smallest absolute Gasteiger partial charge is 0.319 e. The number of rotatable bonds is 5. The number of hydrogen-bond donors (Lipinski definition) is 3. The minimum Gasteiger partial charge on any atom is -0.338 e. The molecule has 0 atom stereocenters. The number of nitrogens with two attached hydrogens (primary N) is 1. The lowest BCUT2D eigenvalue weighted by Crippen LogP contribution is -2.29. The van der Waals surface area contributed by atoms with Crippen LogP contribution >= 0.6 is 0 Å². The number of nitrogens with one attached hydrogen (secondary N) is 2. The molecular weight excluding hydrogens is 209 g/mol. The molecule has 4 N–H and O–H groups in total. The van der Waals surface area contributed by atoms with Gasteiger partial charge in [0.05, 0.1) is 0 Å². The molecule has 0 aliphatic rings. The van der Waals surface area contributed by atoms with E-state index in [4.69, 9.17) is 5.73 Å². The normalized spacial score (nSPS) is 9.88. The molecule has 5 heteroatoms. The van der Waals surface area contributed by atoms with Gasteiger partial charge in [0.25, 0.3) is 0 Å². The van der Waals surface area contributed by atoms with Crippen LogP contribution in [0.15, 0.2) is 24.3 Å². The van der Waals surface area contributed by atoms with Crippen LogP contribution in [0.2, 0.25) is 0 Å². The molecule has 1 aromatic carbocycles. The summed E-state index contributed by atoms with van der Waals surface area (Å²) in [6, 6.07) is 5.32. The lowest BCUT2D eigenvalue weighted by Gasteiger charge is -2.06. The van der Waals surface area contributed by atoms with Gasteiger partial charge in [0, 0.05) is 12.2 Å². The topological polar surface area (TPSA) is 67.1 Å². The molecule has 0 radical (unpaired) electrons. The largest absolute Gasteiger partial charge is 0.338 e. The Labute approximate surface area is 94.0 Å². The van der Waals surface area contributed by atoms with E-state index < -0.39 is 0 Å². The number of halogens is 1. The van der Waals surface area contributed by atoms with Gasteiger partial charge in [-0.2, -0.15) is 0 Å². The Balaban J connectivity index is 2.26. The molecule has 16 heavy (non-hydrogen) atoms. The second-order valence-electron chi connectivity index (χ2n) is 3.38. The standard InChI is InChI=1S/C11H16FN3O/c12-9-3-5-10(6-4-9)15-11(16)14-8-2-1-7-13/h3-6H,1-2,7-8,13H2,(H2,14,15,16). The number of carbonyl (C=O) groups excluding carboxylic acids is 1. The van der Waals surface area contributed by atoms with Crippen LogP contribution in [0.1, 0.15) is 12.8 Å². The fraction of sp³-hybridized carbons (Fsp3) is 0.364. The second-order valence-corrected chi connectivity index (χ2v) is 3.38. The molecule has 1 rings (SSSR count). The van der Waals surface area contributed by atoms with Crippen molar-refractivity contribution in [1.29, 1.82) is 0 Å². The first-order valence-corrected chi connectivity index (χ1v) is 5.23. The Morgan fingerprint density at radius 2 is 1.94 bits per heavy atom. The lowest BCUT2D eigenvalue weighted by atomic mass is 10.3. The Morgan fingerprint density at radius 3 is 2.56 bits per heavy atom. The molecule has 0 spiro atoms. The first kappa shape index (κ1) is 12.4. The molecule has 4 nitrogen and oxygen atoms in total. The highest BCUT2D eigenvalue weighted by atomic mass is 19.1. The van der Waals surface area contributed by atoms with Crippen molar-refractivity contribution in [3.05, 3.63) is 30.1 Å². The summed E-state index contributed by atoms with van der Waals surface area (Å²) in [5.74, 6) is -0.325. The molecule has 1 aromatic rings. The SMILES string of the molecule is NCCCCNC(=O)Nc1ccc(F)cc1. The van der Waals surface area contributed by atoms with Crippen molar-refractivity contribution in [3.63, 3.8) is 0 Å². The van der Waals surface area contributed by atoms with Gasteiger partial charge < -0.3 is 16.4 Å². The molecule has 0 saturated carbocycles. The summed E-state index contributed by atoms with van der Waals surface area (Å²) in [5.41, 5.74) is 5.89. The third-order valence-electron chi connectivity index (χ3n) is 2.02. The quantitative estimate of drug-likeness (QED) is 0.667. The van der Waals surface area contributed by atoms with Crippen molar-refractivity contribution in [1.82, 2.24) is 5.32 Å². The van der Waals surface area contributed by atoms with Crippen LogP contribution in [0.4, 0.5) is 14.9 Å². The van der Waals surface area contributed by atoms with E-state index >= 15 is 0 Å². The maximum atomic E-state index is 12.6. The summed E-state index contributed by atoms with van der Waals surface area (Å²) < 4.78 is 12.6. The summed E-state index contributed by atoms with van der Waals surface area (Å²) in [6.07, 6.45) is 1.74. The summed E-state index contributed by atoms with van der Waals surface area (Å²) in [7, 11) is 0. The van der Waals surface area contributed by atoms with Gasteiger partial charge in [-0.05, 0) is 43.7 Å². The molecule has 0 unspecified atom stereocenters. The summed E-state index contributed by atoms with van der Waals surface area (Å²) in [6.45, 7) is 1.21. The van der Waals surface area contributed by atoms with Gasteiger partial charge in [-0.25, -0.2) is 9.18 Å². The van der Waals surface area contributed by atoms with Crippen LogP contribution in [0, 0.1) is 5.82 Å². The van der Waals surface area contributed by atoms with Gasteiger partial charge in [-0.3, -0.25) is 0 Å². The van der Waals surface area contributed by atoms with E-state index in [0.717, 1.165) is 12.8 Å². The van der Waals surface area contributed by atoms with Gasteiger partial charge in [-0.15, -0.1) is 0 Å². The first-order chi connectivity index (χ1) is 7.72. The van der Waals surface area contributed by atoms with Crippen LogP contribution in [0.5, 0.6) is 0 Å². The van der Waals surface area contributed by atoms with Gasteiger partial charge in [0.1, 0.15) is 5.82 Å². The third-order valence-corrected chi connectivity index (χ3v) is 2.02.